The number of benzene rings is 1. The molecule has 1 aliphatic rings. The predicted octanol–water partition coefficient (Wildman–Crippen LogP) is 4.56. The van der Waals surface area contributed by atoms with Crippen molar-refractivity contribution in [3.05, 3.63) is 35.6 Å². The highest BCUT2D eigenvalue weighted by molar-refractivity contribution is 5.17. The molecule has 1 aromatic carbocycles. The Morgan fingerprint density at radius 3 is 2.50 bits per heavy atom. The maximum atomic E-state index is 12.9. The summed E-state index contributed by atoms with van der Waals surface area (Å²) in [5.41, 5.74) is 1.65. The molecule has 1 saturated carbocycles. The SMILES string of the molecule is CC1CC(NC(C)Cc2ccc(F)cc2)CC(C)(C)C1. The van der Waals surface area contributed by atoms with Gasteiger partial charge in [0.05, 0.1) is 0 Å². The van der Waals surface area contributed by atoms with E-state index in [9.17, 15) is 4.39 Å². The van der Waals surface area contributed by atoms with Crippen LogP contribution in [0, 0.1) is 17.2 Å². The summed E-state index contributed by atoms with van der Waals surface area (Å²) >= 11 is 0. The van der Waals surface area contributed by atoms with E-state index < -0.39 is 0 Å². The summed E-state index contributed by atoms with van der Waals surface area (Å²) in [4.78, 5) is 0. The van der Waals surface area contributed by atoms with Gasteiger partial charge in [-0.05, 0) is 61.6 Å². The van der Waals surface area contributed by atoms with Crippen LogP contribution in [0.25, 0.3) is 0 Å². The zero-order valence-corrected chi connectivity index (χ0v) is 13.2. The largest absolute Gasteiger partial charge is 0.311 e. The Bertz CT molecular complexity index is 424. The van der Waals surface area contributed by atoms with E-state index in [0.717, 1.165) is 12.3 Å². The predicted molar refractivity (Wildman–Crippen MR) is 83.3 cm³/mol. The number of hydrogen-bond donors (Lipinski definition) is 1. The van der Waals surface area contributed by atoms with Gasteiger partial charge in [0.25, 0.3) is 0 Å². The van der Waals surface area contributed by atoms with Crippen molar-refractivity contribution in [3.63, 3.8) is 0 Å². The molecule has 1 aliphatic carbocycles. The Morgan fingerprint density at radius 2 is 1.90 bits per heavy atom. The number of nitrogens with one attached hydrogen (secondary N) is 1. The van der Waals surface area contributed by atoms with Crippen LogP contribution in [0.3, 0.4) is 0 Å². The second-order valence-corrected chi connectivity index (χ2v) is 7.51. The van der Waals surface area contributed by atoms with Gasteiger partial charge in [0.2, 0.25) is 0 Å². The van der Waals surface area contributed by atoms with E-state index in [1.54, 1.807) is 12.1 Å². The van der Waals surface area contributed by atoms with Gasteiger partial charge < -0.3 is 5.32 Å². The summed E-state index contributed by atoms with van der Waals surface area (Å²) in [7, 11) is 0. The lowest BCUT2D eigenvalue weighted by Crippen LogP contribution is -2.44. The Balaban J connectivity index is 1.87. The van der Waals surface area contributed by atoms with Crippen LogP contribution in [-0.2, 0) is 6.42 Å². The number of rotatable bonds is 4. The van der Waals surface area contributed by atoms with Crippen molar-refractivity contribution >= 4 is 0 Å². The number of halogens is 1. The third kappa shape index (κ3) is 4.59. The van der Waals surface area contributed by atoms with Crippen molar-refractivity contribution in [3.8, 4) is 0 Å². The van der Waals surface area contributed by atoms with Crippen LogP contribution in [0.2, 0.25) is 0 Å². The molecule has 0 heterocycles. The van der Waals surface area contributed by atoms with Crippen LogP contribution < -0.4 is 5.32 Å². The summed E-state index contributed by atoms with van der Waals surface area (Å²) in [6.45, 7) is 9.35. The molecule has 20 heavy (non-hydrogen) atoms. The van der Waals surface area contributed by atoms with Crippen LogP contribution in [0.15, 0.2) is 24.3 Å². The first-order chi connectivity index (χ1) is 9.34. The summed E-state index contributed by atoms with van der Waals surface area (Å²) in [6.07, 6.45) is 4.82. The standard InChI is InChI=1S/C18H28FN/c1-13-9-17(12-18(3,4)11-13)20-14(2)10-15-5-7-16(19)8-6-15/h5-8,13-14,17,20H,9-12H2,1-4H3. The van der Waals surface area contributed by atoms with E-state index >= 15 is 0 Å². The van der Waals surface area contributed by atoms with Gasteiger partial charge in [-0.15, -0.1) is 0 Å². The normalized spacial score (nSPS) is 27.2. The van der Waals surface area contributed by atoms with E-state index in [-0.39, 0.29) is 5.82 Å². The minimum Gasteiger partial charge on any atom is -0.311 e. The second-order valence-electron chi connectivity index (χ2n) is 7.51. The van der Waals surface area contributed by atoms with E-state index in [4.69, 9.17) is 0 Å². The van der Waals surface area contributed by atoms with Crippen LogP contribution in [-0.4, -0.2) is 12.1 Å². The molecular weight excluding hydrogens is 249 g/mol. The van der Waals surface area contributed by atoms with Gasteiger partial charge in [-0.1, -0.05) is 32.9 Å². The summed E-state index contributed by atoms with van der Waals surface area (Å²) < 4.78 is 12.9. The van der Waals surface area contributed by atoms with Gasteiger partial charge in [0.15, 0.2) is 0 Å². The van der Waals surface area contributed by atoms with Crippen LogP contribution in [0.1, 0.15) is 52.5 Å². The van der Waals surface area contributed by atoms with Gasteiger partial charge in [-0.2, -0.15) is 0 Å². The van der Waals surface area contributed by atoms with Gasteiger partial charge in [-0.25, -0.2) is 4.39 Å². The third-order valence-corrected chi connectivity index (χ3v) is 4.36. The first-order valence-corrected chi connectivity index (χ1v) is 7.84. The van der Waals surface area contributed by atoms with Gasteiger partial charge in [0.1, 0.15) is 5.82 Å². The minimum atomic E-state index is -0.155. The Kier molecular flexibility index (Phi) is 4.85. The molecule has 0 bridgehead atoms. The maximum absolute atomic E-state index is 12.9. The molecule has 112 valence electrons. The minimum absolute atomic E-state index is 0.155. The molecule has 1 aromatic rings. The molecule has 0 saturated heterocycles. The molecule has 2 rings (SSSR count). The van der Waals surface area contributed by atoms with Crippen LogP contribution in [0.4, 0.5) is 4.39 Å². The highest BCUT2D eigenvalue weighted by Gasteiger charge is 2.32. The molecular formula is C18H28FN. The smallest absolute Gasteiger partial charge is 0.123 e. The van der Waals surface area contributed by atoms with E-state index in [1.807, 2.05) is 12.1 Å². The van der Waals surface area contributed by atoms with Gasteiger partial charge in [0, 0.05) is 12.1 Å². The molecule has 0 radical (unpaired) electrons. The summed E-state index contributed by atoms with van der Waals surface area (Å²) in [6, 6.07) is 7.93. The Hall–Kier alpha value is -0.890. The monoisotopic (exact) mass is 277 g/mol. The van der Waals surface area contributed by atoms with E-state index in [2.05, 4.69) is 33.0 Å². The van der Waals surface area contributed by atoms with E-state index in [1.165, 1.54) is 24.8 Å². The lowest BCUT2D eigenvalue weighted by Gasteiger charge is -2.40. The molecule has 2 heteroatoms. The molecule has 1 nitrogen and oxygen atoms in total. The average Bonchev–Trinajstić information content (AvgIpc) is 2.29. The summed E-state index contributed by atoms with van der Waals surface area (Å²) in [5.74, 6) is 0.645. The van der Waals surface area contributed by atoms with Crippen molar-refractivity contribution in [2.75, 3.05) is 0 Å². The van der Waals surface area contributed by atoms with Crippen LogP contribution in [0.5, 0.6) is 0 Å². The first-order valence-electron chi connectivity index (χ1n) is 7.84. The molecule has 1 fully saturated rings. The second kappa shape index (κ2) is 6.26. The molecule has 0 amide bonds. The lowest BCUT2D eigenvalue weighted by atomic mass is 9.70. The van der Waals surface area contributed by atoms with E-state index in [0.29, 0.717) is 17.5 Å². The number of hydrogen-bond acceptors (Lipinski definition) is 1. The van der Waals surface area contributed by atoms with Crippen molar-refractivity contribution in [2.24, 2.45) is 11.3 Å². The molecule has 1 N–H and O–H groups in total. The fourth-order valence-corrected chi connectivity index (χ4v) is 3.91. The van der Waals surface area contributed by atoms with Crippen molar-refractivity contribution in [1.82, 2.24) is 5.32 Å². The molecule has 3 atom stereocenters. The molecule has 3 unspecified atom stereocenters. The summed E-state index contributed by atoms with van der Waals surface area (Å²) in [5, 5.41) is 3.77. The lowest BCUT2D eigenvalue weighted by molar-refractivity contribution is 0.145. The average molecular weight is 277 g/mol. The molecule has 0 aromatic heterocycles. The Labute approximate surface area is 123 Å². The zero-order chi connectivity index (χ0) is 14.8. The Morgan fingerprint density at radius 1 is 1.25 bits per heavy atom. The fraction of sp³-hybridized carbons (Fsp3) is 0.667. The quantitative estimate of drug-likeness (QED) is 0.850. The van der Waals surface area contributed by atoms with Crippen molar-refractivity contribution < 1.29 is 4.39 Å². The highest BCUT2D eigenvalue weighted by atomic mass is 19.1. The van der Waals surface area contributed by atoms with Crippen molar-refractivity contribution in [1.29, 1.82) is 0 Å². The van der Waals surface area contributed by atoms with Gasteiger partial charge >= 0.3 is 0 Å². The molecule has 0 aliphatic heterocycles. The highest BCUT2D eigenvalue weighted by Crippen LogP contribution is 2.38. The topological polar surface area (TPSA) is 12.0 Å². The van der Waals surface area contributed by atoms with Gasteiger partial charge in [-0.3, -0.25) is 0 Å². The molecule has 0 spiro atoms. The van der Waals surface area contributed by atoms with Crippen molar-refractivity contribution in [2.45, 2.75) is 65.5 Å². The fourth-order valence-electron chi connectivity index (χ4n) is 3.91. The zero-order valence-electron chi connectivity index (χ0n) is 13.2. The maximum Gasteiger partial charge on any atom is 0.123 e. The van der Waals surface area contributed by atoms with Crippen LogP contribution >= 0.6 is 0 Å². The first kappa shape index (κ1) is 15.5. The third-order valence-electron chi connectivity index (χ3n) is 4.36.